The first kappa shape index (κ1) is 37.3. The van der Waals surface area contributed by atoms with Crippen LogP contribution in [0.4, 0.5) is 10.1 Å². The van der Waals surface area contributed by atoms with Gasteiger partial charge in [-0.2, -0.15) is 12.7 Å². The molecule has 3 aromatic rings. The molecule has 0 saturated carbocycles. The molecule has 0 bridgehead atoms. The number of carbonyl (C=O) groups excluding carboxylic acids is 1. The van der Waals surface area contributed by atoms with E-state index in [-0.39, 0.29) is 52.7 Å². The van der Waals surface area contributed by atoms with E-state index < -0.39 is 49.8 Å². The Kier molecular flexibility index (Phi) is 12.2. The summed E-state index contributed by atoms with van der Waals surface area (Å²) in [5, 5.41) is 9.99. The third-order valence-corrected chi connectivity index (χ3v) is 11.3. The standard InChI is InChI=1S/C32H44FN5O8S2/c1-22-17-38(23(2)20-39)32(40)28-16-26(35-47(41,42)31-19-36(4)21-34-31)11-14-29(28)46-24(3)8-6-7-15-45-30(22)18-37(5)48(43,44)27-12-9-25(33)10-13-27/h9-14,16,19,21-24,30,35,39H,6-8,15,17-18,20H2,1-5H3/t22-,23-,24-,30+/m0/s1. The van der Waals surface area contributed by atoms with Crippen molar-refractivity contribution < 1.29 is 40.6 Å². The number of rotatable bonds is 9. The van der Waals surface area contributed by atoms with Gasteiger partial charge in [-0.15, -0.1) is 0 Å². The summed E-state index contributed by atoms with van der Waals surface area (Å²) >= 11 is 0. The number of aryl methyl sites for hydroxylation is 1. The van der Waals surface area contributed by atoms with Crippen molar-refractivity contribution in [3.63, 3.8) is 0 Å². The second-order valence-electron chi connectivity index (χ2n) is 12.2. The molecule has 0 saturated heterocycles. The van der Waals surface area contributed by atoms with Crippen molar-refractivity contribution in [2.75, 3.05) is 38.1 Å². The van der Waals surface area contributed by atoms with Gasteiger partial charge < -0.3 is 24.0 Å². The highest BCUT2D eigenvalue weighted by atomic mass is 32.2. The van der Waals surface area contributed by atoms with E-state index in [0.717, 1.165) is 22.9 Å². The number of sulfonamides is 2. The Bertz CT molecular complexity index is 1770. The smallest absolute Gasteiger partial charge is 0.280 e. The van der Waals surface area contributed by atoms with Crippen LogP contribution in [-0.2, 0) is 31.8 Å². The van der Waals surface area contributed by atoms with E-state index in [9.17, 15) is 31.1 Å². The minimum atomic E-state index is -4.07. The SMILES string of the molecule is C[C@H]1CCCCO[C@H](CN(C)S(=O)(=O)c2ccc(F)cc2)[C@@H](C)CN([C@@H](C)CO)C(=O)c2cc(NS(=O)(=O)c3cn(C)cn3)ccc2O1. The number of nitrogens with zero attached hydrogens (tertiary/aromatic N) is 4. The van der Waals surface area contributed by atoms with Crippen molar-refractivity contribution in [3.8, 4) is 5.75 Å². The summed E-state index contributed by atoms with van der Waals surface area (Å²) in [7, 11) is -4.99. The zero-order valence-corrected chi connectivity index (χ0v) is 29.4. The molecule has 4 atom stereocenters. The number of likely N-dealkylation sites (N-methyl/N-ethyl adjacent to an activating group) is 1. The normalized spacial score (nSPS) is 20.9. The highest BCUT2D eigenvalue weighted by Crippen LogP contribution is 2.29. The maximum Gasteiger partial charge on any atom is 0.280 e. The number of ether oxygens (including phenoxy) is 2. The first-order valence-corrected chi connectivity index (χ1v) is 18.6. The van der Waals surface area contributed by atoms with Gasteiger partial charge in [0.25, 0.3) is 15.9 Å². The summed E-state index contributed by atoms with van der Waals surface area (Å²) in [5.74, 6) is -1.24. The molecule has 16 heteroatoms. The predicted molar refractivity (Wildman–Crippen MR) is 177 cm³/mol. The maximum atomic E-state index is 14.3. The third-order valence-electron chi connectivity index (χ3n) is 8.22. The molecule has 48 heavy (non-hydrogen) atoms. The van der Waals surface area contributed by atoms with Crippen LogP contribution in [0.1, 0.15) is 50.4 Å². The molecule has 0 radical (unpaired) electrons. The van der Waals surface area contributed by atoms with Crippen LogP contribution in [0.5, 0.6) is 5.75 Å². The van der Waals surface area contributed by atoms with Crippen LogP contribution in [0.15, 0.2) is 64.9 Å². The lowest BCUT2D eigenvalue weighted by Gasteiger charge is -2.35. The molecular weight excluding hydrogens is 666 g/mol. The van der Waals surface area contributed by atoms with E-state index in [4.69, 9.17) is 9.47 Å². The largest absolute Gasteiger partial charge is 0.490 e. The van der Waals surface area contributed by atoms with Crippen molar-refractivity contribution in [2.24, 2.45) is 13.0 Å². The Morgan fingerprint density at radius 2 is 1.83 bits per heavy atom. The van der Waals surface area contributed by atoms with E-state index in [1.165, 1.54) is 59.4 Å². The fraction of sp³-hybridized carbons (Fsp3) is 0.500. The number of hydrogen-bond donors (Lipinski definition) is 2. The monoisotopic (exact) mass is 709 g/mol. The maximum absolute atomic E-state index is 14.3. The Labute approximate surface area is 281 Å². The Hall–Kier alpha value is -3.57. The van der Waals surface area contributed by atoms with Gasteiger partial charge in [0.2, 0.25) is 10.0 Å². The van der Waals surface area contributed by atoms with Crippen LogP contribution in [0.25, 0.3) is 0 Å². The Morgan fingerprint density at radius 1 is 1.12 bits per heavy atom. The zero-order chi connectivity index (χ0) is 35.2. The van der Waals surface area contributed by atoms with Crippen molar-refractivity contribution in [1.29, 1.82) is 0 Å². The summed E-state index contributed by atoms with van der Waals surface area (Å²) in [4.78, 5) is 19.6. The van der Waals surface area contributed by atoms with E-state index in [2.05, 4.69) is 9.71 Å². The van der Waals surface area contributed by atoms with Gasteiger partial charge >= 0.3 is 0 Å². The fourth-order valence-electron chi connectivity index (χ4n) is 5.32. The number of anilines is 1. The van der Waals surface area contributed by atoms with Gasteiger partial charge in [0.05, 0.1) is 41.6 Å². The van der Waals surface area contributed by atoms with Crippen LogP contribution >= 0.6 is 0 Å². The van der Waals surface area contributed by atoms with Gasteiger partial charge in [0, 0.05) is 51.6 Å². The average molecular weight is 710 g/mol. The molecule has 0 aliphatic carbocycles. The van der Waals surface area contributed by atoms with Crippen molar-refractivity contribution in [3.05, 3.63) is 66.4 Å². The number of carbonyl (C=O) groups is 1. The van der Waals surface area contributed by atoms with Gasteiger partial charge in [-0.25, -0.2) is 17.8 Å². The van der Waals surface area contributed by atoms with Crippen LogP contribution < -0.4 is 9.46 Å². The molecule has 0 unspecified atom stereocenters. The van der Waals surface area contributed by atoms with Crippen molar-refractivity contribution in [2.45, 2.75) is 68.2 Å². The lowest BCUT2D eigenvalue weighted by molar-refractivity contribution is -0.00834. The first-order valence-electron chi connectivity index (χ1n) is 15.7. The summed E-state index contributed by atoms with van der Waals surface area (Å²) < 4.78 is 83.8. The lowest BCUT2D eigenvalue weighted by atomic mass is 10.0. The number of aliphatic hydroxyl groups is 1. The number of fused-ring (bicyclic) bond motifs is 1. The van der Waals surface area contributed by atoms with E-state index in [0.29, 0.717) is 19.4 Å². The fourth-order valence-corrected chi connectivity index (χ4v) is 7.54. The molecule has 0 spiro atoms. The number of nitrogens with one attached hydrogen (secondary N) is 1. The number of amides is 1. The molecule has 1 aliphatic heterocycles. The lowest BCUT2D eigenvalue weighted by Crippen LogP contribution is -2.48. The van der Waals surface area contributed by atoms with Gasteiger partial charge in [0.15, 0.2) is 5.03 Å². The van der Waals surface area contributed by atoms with Crippen LogP contribution in [-0.4, -0.2) is 98.2 Å². The van der Waals surface area contributed by atoms with Crippen LogP contribution in [0.2, 0.25) is 0 Å². The molecule has 2 aromatic carbocycles. The Balaban J connectivity index is 1.67. The second kappa shape index (κ2) is 15.8. The zero-order valence-electron chi connectivity index (χ0n) is 27.7. The highest BCUT2D eigenvalue weighted by molar-refractivity contribution is 7.92. The number of halogens is 1. The highest BCUT2D eigenvalue weighted by Gasteiger charge is 2.33. The molecule has 264 valence electrons. The minimum Gasteiger partial charge on any atom is -0.490 e. The number of benzene rings is 2. The molecule has 1 aliphatic rings. The number of aromatic nitrogens is 2. The summed E-state index contributed by atoms with van der Waals surface area (Å²) in [6, 6.07) is 8.34. The summed E-state index contributed by atoms with van der Waals surface area (Å²) in [6.07, 6.45) is 3.78. The molecule has 2 heterocycles. The number of aliphatic hydroxyl groups excluding tert-OH is 1. The van der Waals surface area contributed by atoms with Gasteiger partial charge in [0.1, 0.15) is 11.6 Å². The molecular formula is C32H44FN5O8S2. The first-order chi connectivity index (χ1) is 22.6. The van der Waals surface area contributed by atoms with Gasteiger partial charge in [-0.1, -0.05) is 6.92 Å². The third kappa shape index (κ3) is 9.11. The number of hydrogen-bond acceptors (Lipinski definition) is 9. The van der Waals surface area contributed by atoms with E-state index in [1.807, 2.05) is 13.8 Å². The minimum absolute atomic E-state index is 0.0496. The molecule has 2 N–H and O–H groups in total. The summed E-state index contributed by atoms with van der Waals surface area (Å²) in [6.45, 7) is 5.35. The second-order valence-corrected chi connectivity index (χ2v) is 15.9. The van der Waals surface area contributed by atoms with Gasteiger partial charge in [-0.3, -0.25) is 9.52 Å². The average Bonchev–Trinajstić information content (AvgIpc) is 3.49. The summed E-state index contributed by atoms with van der Waals surface area (Å²) in [5.41, 5.74) is 0.199. The van der Waals surface area contributed by atoms with Crippen molar-refractivity contribution in [1.82, 2.24) is 18.8 Å². The molecule has 1 aromatic heterocycles. The quantitative estimate of drug-likeness (QED) is 0.339. The molecule has 13 nitrogen and oxygen atoms in total. The molecule has 0 fully saturated rings. The van der Waals surface area contributed by atoms with E-state index >= 15 is 0 Å². The predicted octanol–water partition coefficient (Wildman–Crippen LogP) is 3.48. The molecule has 4 rings (SSSR count). The van der Waals surface area contributed by atoms with Crippen LogP contribution in [0.3, 0.4) is 0 Å². The molecule has 1 amide bonds. The Morgan fingerprint density at radius 3 is 2.48 bits per heavy atom. The van der Waals surface area contributed by atoms with Crippen LogP contribution in [0, 0.1) is 11.7 Å². The number of imidazole rings is 1. The van der Waals surface area contributed by atoms with E-state index in [1.54, 1.807) is 14.0 Å². The topological polar surface area (TPSA) is 160 Å². The van der Waals surface area contributed by atoms with Crippen molar-refractivity contribution >= 4 is 31.6 Å². The van der Waals surface area contributed by atoms with Gasteiger partial charge in [-0.05, 0) is 75.6 Å².